The van der Waals surface area contributed by atoms with E-state index in [1.54, 1.807) is 38.4 Å². The molecule has 1 saturated heterocycles. The first-order valence-corrected chi connectivity index (χ1v) is 19.4. The first-order valence-electron chi connectivity index (χ1n) is 19.4. The number of anilines is 1. The van der Waals surface area contributed by atoms with Gasteiger partial charge < -0.3 is 44.3 Å². The van der Waals surface area contributed by atoms with Crippen LogP contribution in [0, 0.1) is 5.92 Å². The van der Waals surface area contributed by atoms with Crippen molar-refractivity contribution in [1.29, 1.82) is 0 Å². The predicted octanol–water partition coefficient (Wildman–Crippen LogP) is 4.57. The van der Waals surface area contributed by atoms with E-state index in [9.17, 15) is 19.2 Å². The van der Waals surface area contributed by atoms with Gasteiger partial charge in [0.05, 0.1) is 45.5 Å². The molecule has 4 aromatic rings. The zero-order valence-corrected chi connectivity index (χ0v) is 33.2. The van der Waals surface area contributed by atoms with E-state index in [0.717, 1.165) is 36.3 Å². The lowest BCUT2D eigenvalue weighted by atomic mass is 9.97. The third kappa shape index (κ3) is 10.0. The van der Waals surface area contributed by atoms with Crippen molar-refractivity contribution in [1.82, 2.24) is 25.4 Å². The molecule has 0 spiro atoms. The SMILES string of the molecule is COc1cc2nc3c(cc2c(OC)c1OC)CN(C(=O)c1ccccc1OCc1ccccc1)CCCCN(C(=O)CNC(C)=O)CC(=O)NCC1CCCN3C1. The van der Waals surface area contributed by atoms with E-state index < -0.39 is 0 Å². The fourth-order valence-electron chi connectivity index (χ4n) is 7.47. The maximum Gasteiger partial charge on any atom is 0.257 e. The summed E-state index contributed by atoms with van der Waals surface area (Å²) in [5.41, 5.74) is 2.86. The van der Waals surface area contributed by atoms with Crippen LogP contribution in [-0.2, 0) is 27.5 Å². The molecule has 1 aromatic heterocycles. The van der Waals surface area contributed by atoms with Crippen molar-refractivity contribution in [2.45, 2.75) is 45.8 Å². The first-order chi connectivity index (χ1) is 27.7. The summed E-state index contributed by atoms with van der Waals surface area (Å²) in [5.74, 6) is 1.53. The van der Waals surface area contributed by atoms with E-state index in [1.807, 2.05) is 54.6 Å². The van der Waals surface area contributed by atoms with Gasteiger partial charge in [0.25, 0.3) is 5.91 Å². The van der Waals surface area contributed by atoms with Gasteiger partial charge in [-0.25, -0.2) is 4.98 Å². The van der Waals surface area contributed by atoms with Crippen molar-refractivity contribution >= 4 is 40.3 Å². The summed E-state index contributed by atoms with van der Waals surface area (Å²) in [4.78, 5) is 63.7. The fourth-order valence-corrected chi connectivity index (χ4v) is 7.47. The Morgan fingerprint density at radius 2 is 1.58 bits per heavy atom. The first kappa shape index (κ1) is 40.6. The molecule has 6 rings (SSSR count). The zero-order chi connectivity index (χ0) is 40.3. The Morgan fingerprint density at radius 3 is 2.32 bits per heavy atom. The molecule has 57 heavy (non-hydrogen) atoms. The van der Waals surface area contributed by atoms with E-state index >= 15 is 0 Å². The van der Waals surface area contributed by atoms with Crippen LogP contribution in [-0.4, -0.2) is 106 Å². The molecule has 2 bridgehead atoms. The van der Waals surface area contributed by atoms with Crippen molar-refractivity contribution < 1.29 is 38.1 Å². The molecule has 14 heteroatoms. The van der Waals surface area contributed by atoms with Crippen LogP contribution < -0.4 is 34.5 Å². The number of hydrogen-bond donors (Lipinski definition) is 2. The number of amides is 4. The van der Waals surface area contributed by atoms with Gasteiger partial charge in [0.2, 0.25) is 23.5 Å². The van der Waals surface area contributed by atoms with Gasteiger partial charge in [-0.15, -0.1) is 0 Å². The number of rotatable bonds is 9. The van der Waals surface area contributed by atoms with Crippen LogP contribution in [0.3, 0.4) is 0 Å². The maximum absolute atomic E-state index is 14.8. The smallest absolute Gasteiger partial charge is 0.257 e. The van der Waals surface area contributed by atoms with Gasteiger partial charge in [0.1, 0.15) is 18.2 Å². The summed E-state index contributed by atoms with van der Waals surface area (Å²) in [5, 5.41) is 6.31. The number of nitrogens with one attached hydrogen (secondary N) is 2. The Balaban J connectivity index is 1.41. The number of hydrogen-bond acceptors (Lipinski definition) is 10. The number of nitrogens with zero attached hydrogens (tertiary/aromatic N) is 4. The Labute approximate surface area is 333 Å². The van der Waals surface area contributed by atoms with Crippen LogP contribution >= 0.6 is 0 Å². The number of carbonyl (C=O) groups excluding carboxylic acids is 4. The van der Waals surface area contributed by atoms with Crippen molar-refractivity contribution in [2.75, 3.05) is 72.0 Å². The van der Waals surface area contributed by atoms with Crippen LogP contribution in [0.15, 0.2) is 66.7 Å². The number of pyridine rings is 1. The summed E-state index contributed by atoms with van der Waals surface area (Å²) in [6.45, 7) is 3.88. The number of fused-ring (bicyclic) bond motifs is 5. The van der Waals surface area contributed by atoms with Crippen molar-refractivity contribution in [2.24, 2.45) is 5.92 Å². The minimum atomic E-state index is -0.351. The standard InChI is InChI=1S/C43H52N6O8/c1-29(50)44-24-39(52)47-18-10-11-19-49(43(53)33-16-8-9-17-36(33)57-28-30-13-6-5-7-14-30)26-32-21-34-35(22-37(54-2)41(56-4)40(34)55-3)46-42(32)48-20-12-15-31(25-48)23-45-38(51)27-47/h5-9,13-14,16-17,21-22,31H,10-12,15,18-20,23-28H2,1-4H3,(H,44,50)(H,45,51). The molecule has 1 unspecified atom stereocenters. The van der Waals surface area contributed by atoms with E-state index in [0.29, 0.717) is 78.5 Å². The van der Waals surface area contributed by atoms with E-state index in [1.165, 1.54) is 11.8 Å². The van der Waals surface area contributed by atoms with Crippen LogP contribution in [0.5, 0.6) is 23.0 Å². The molecule has 1 fully saturated rings. The number of aromatic nitrogens is 1. The van der Waals surface area contributed by atoms with Crippen LogP contribution in [0.1, 0.15) is 54.1 Å². The molecule has 3 aromatic carbocycles. The average molecular weight is 781 g/mol. The molecule has 0 aliphatic carbocycles. The van der Waals surface area contributed by atoms with Gasteiger partial charge in [-0.05, 0) is 55.4 Å². The van der Waals surface area contributed by atoms with E-state index in [4.69, 9.17) is 23.9 Å². The topological polar surface area (TPSA) is 152 Å². The Kier molecular flexibility index (Phi) is 13.7. The molecular weight excluding hydrogens is 729 g/mol. The molecule has 3 heterocycles. The second-order valence-corrected chi connectivity index (χ2v) is 14.4. The Hall–Kier alpha value is -6.05. The normalized spacial score (nSPS) is 16.6. The average Bonchev–Trinajstić information content (AvgIpc) is 3.23. The summed E-state index contributed by atoms with van der Waals surface area (Å²) in [6.07, 6.45) is 2.78. The summed E-state index contributed by atoms with van der Waals surface area (Å²) in [6, 6.07) is 20.9. The summed E-state index contributed by atoms with van der Waals surface area (Å²) >= 11 is 0. The molecule has 1 atom stereocenters. The molecule has 0 saturated carbocycles. The van der Waals surface area contributed by atoms with Crippen molar-refractivity contribution in [3.05, 3.63) is 83.4 Å². The highest BCUT2D eigenvalue weighted by Gasteiger charge is 2.29. The number of benzene rings is 3. The molecule has 2 aliphatic rings. The van der Waals surface area contributed by atoms with E-state index in [2.05, 4.69) is 15.5 Å². The highest BCUT2D eigenvalue weighted by atomic mass is 16.5. The number of piperidine rings is 1. The summed E-state index contributed by atoms with van der Waals surface area (Å²) < 4.78 is 23.6. The highest BCUT2D eigenvalue weighted by Crippen LogP contribution is 2.44. The lowest BCUT2D eigenvalue weighted by Crippen LogP contribution is -2.47. The predicted molar refractivity (Wildman–Crippen MR) is 216 cm³/mol. The lowest BCUT2D eigenvalue weighted by Gasteiger charge is -2.36. The lowest BCUT2D eigenvalue weighted by molar-refractivity contribution is -0.136. The monoisotopic (exact) mass is 780 g/mol. The fraction of sp³-hybridized carbons (Fsp3) is 0.419. The van der Waals surface area contributed by atoms with Crippen LogP contribution in [0.2, 0.25) is 0 Å². The number of para-hydroxylation sites is 1. The number of ether oxygens (including phenoxy) is 4. The largest absolute Gasteiger partial charge is 0.493 e. The van der Waals surface area contributed by atoms with E-state index in [-0.39, 0.29) is 55.7 Å². The van der Waals surface area contributed by atoms with Crippen molar-refractivity contribution in [3.63, 3.8) is 0 Å². The van der Waals surface area contributed by atoms with Crippen LogP contribution in [0.25, 0.3) is 10.9 Å². The molecule has 2 N–H and O–H groups in total. The zero-order valence-electron chi connectivity index (χ0n) is 33.2. The second-order valence-electron chi connectivity index (χ2n) is 14.4. The molecule has 14 nitrogen and oxygen atoms in total. The highest BCUT2D eigenvalue weighted by molar-refractivity contribution is 5.97. The minimum absolute atomic E-state index is 0.107. The second kappa shape index (κ2) is 19.2. The molecule has 302 valence electrons. The third-order valence-electron chi connectivity index (χ3n) is 10.4. The van der Waals surface area contributed by atoms with Crippen molar-refractivity contribution in [3.8, 4) is 23.0 Å². The third-order valence-corrected chi connectivity index (χ3v) is 10.4. The Bertz CT molecular complexity index is 2060. The van der Waals surface area contributed by atoms with Crippen LogP contribution in [0.4, 0.5) is 5.82 Å². The molecular formula is C43H52N6O8. The van der Waals surface area contributed by atoms with Gasteiger partial charge >= 0.3 is 0 Å². The van der Waals surface area contributed by atoms with Gasteiger partial charge in [-0.1, -0.05) is 42.5 Å². The quantitative estimate of drug-likeness (QED) is 0.247. The van der Waals surface area contributed by atoms with Gasteiger partial charge in [0.15, 0.2) is 11.5 Å². The summed E-state index contributed by atoms with van der Waals surface area (Å²) in [7, 11) is 4.70. The molecule has 0 radical (unpaired) electrons. The Morgan fingerprint density at radius 1 is 0.842 bits per heavy atom. The maximum atomic E-state index is 14.8. The number of methoxy groups -OCH3 is 3. The minimum Gasteiger partial charge on any atom is -0.493 e. The molecule has 4 amide bonds. The molecule has 2 aliphatic heterocycles. The number of carbonyl (C=O) groups is 4. The van der Waals surface area contributed by atoms with Gasteiger partial charge in [0, 0.05) is 63.2 Å². The van der Waals surface area contributed by atoms with Gasteiger partial charge in [-0.3, -0.25) is 19.2 Å². The van der Waals surface area contributed by atoms with Gasteiger partial charge in [-0.2, -0.15) is 0 Å².